The lowest BCUT2D eigenvalue weighted by Crippen LogP contribution is -2.46. The number of carbonyl (C=O) groups is 1. The molecule has 7 nitrogen and oxygen atoms in total. The quantitative estimate of drug-likeness (QED) is 0.395. The molecular formula is C13H30N2O5Si. The molecule has 0 radical (unpaired) electrons. The molecule has 8 heteroatoms. The fourth-order valence-corrected chi connectivity index (χ4v) is 4.45. The second-order valence-corrected chi connectivity index (χ2v) is 6.99. The maximum atomic E-state index is 11.5. The lowest BCUT2D eigenvalue weighted by Gasteiger charge is -2.28. The second kappa shape index (κ2) is 13.0. The average Bonchev–Trinajstić information content (AvgIpc) is 2.45. The van der Waals surface area contributed by atoms with Gasteiger partial charge in [-0.2, -0.15) is 0 Å². The number of amides is 2. The summed E-state index contributed by atoms with van der Waals surface area (Å²) in [5.74, 6) is 0. The van der Waals surface area contributed by atoms with E-state index in [0.717, 1.165) is 6.42 Å². The molecule has 0 aromatic carbocycles. The van der Waals surface area contributed by atoms with Gasteiger partial charge in [-0.25, -0.2) is 4.79 Å². The molecule has 2 amide bonds. The molecule has 21 heavy (non-hydrogen) atoms. The highest BCUT2D eigenvalue weighted by Gasteiger charge is 2.39. The Morgan fingerprint density at radius 3 is 1.95 bits per heavy atom. The molecule has 0 aliphatic carbocycles. The Bertz CT molecular complexity index is 252. The van der Waals surface area contributed by atoms with Crippen LogP contribution in [-0.4, -0.2) is 61.5 Å². The van der Waals surface area contributed by atoms with Crippen LogP contribution >= 0.6 is 0 Å². The topological polar surface area (TPSA) is 78.1 Å². The van der Waals surface area contributed by atoms with E-state index < -0.39 is 8.80 Å². The molecular weight excluding hydrogens is 292 g/mol. The summed E-state index contributed by atoms with van der Waals surface area (Å²) in [6, 6.07) is 0.504. The minimum Gasteiger partial charge on any atom is -0.383 e. The van der Waals surface area contributed by atoms with Crippen LogP contribution in [0.4, 0.5) is 4.79 Å². The Hall–Kier alpha value is -0.673. The van der Waals surface area contributed by atoms with Crippen LogP contribution in [0.25, 0.3) is 0 Å². The predicted octanol–water partition coefficient (Wildman–Crippen LogP) is 1.37. The van der Waals surface area contributed by atoms with E-state index in [2.05, 4.69) is 10.6 Å². The van der Waals surface area contributed by atoms with E-state index in [0.29, 0.717) is 45.6 Å². The summed E-state index contributed by atoms with van der Waals surface area (Å²) >= 11 is 0. The molecule has 0 rings (SSSR count). The molecule has 0 bridgehead atoms. The third kappa shape index (κ3) is 9.80. The number of nitrogens with one attached hydrogen (secondary N) is 2. The molecule has 0 unspecified atom stereocenters. The monoisotopic (exact) mass is 322 g/mol. The first-order valence-electron chi connectivity index (χ1n) is 7.56. The van der Waals surface area contributed by atoms with Gasteiger partial charge in [0.05, 0.1) is 6.61 Å². The van der Waals surface area contributed by atoms with Crippen molar-refractivity contribution in [2.45, 2.75) is 33.2 Å². The van der Waals surface area contributed by atoms with Crippen LogP contribution in [0.1, 0.15) is 27.2 Å². The van der Waals surface area contributed by atoms with Crippen LogP contribution in [0.15, 0.2) is 0 Å². The van der Waals surface area contributed by atoms with Gasteiger partial charge >= 0.3 is 14.8 Å². The molecule has 126 valence electrons. The van der Waals surface area contributed by atoms with Crippen molar-refractivity contribution < 1.29 is 22.8 Å². The van der Waals surface area contributed by atoms with Crippen LogP contribution in [-0.2, 0) is 18.0 Å². The normalized spacial score (nSPS) is 11.4. The smallest absolute Gasteiger partial charge is 0.383 e. The first-order valence-corrected chi connectivity index (χ1v) is 9.49. The summed E-state index contributed by atoms with van der Waals surface area (Å²) in [4.78, 5) is 11.5. The Kier molecular flexibility index (Phi) is 12.6. The highest BCUT2D eigenvalue weighted by Crippen LogP contribution is 2.17. The van der Waals surface area contributed by atoms with E-state index in [4.69, 9.17) is 18.0 Å². The van der Waals surface area contributed by atoms with Gasteiger partial charge in [-0.1, -0.05) is 0 Å². The van der Waals surface area contributed by atoms with E-state index in [1.165, 1.54) is 0 Å². The summed E-state index contributed by atoms with van der Waals surface area (Å²) in [5.41, 5.74) is 0. The van der Waals surface area contributed by atoms with Gasteiger partial charge in [0, 0.05) is 46.1 Å². The summed E-state index contributed by atoms with van der Waals surface area (Å²) in [5, 5.41) is 5.49. The number of hydrogen-bond acceptors (Lipinski definition) is 5. The predicted molar refractivity (Wildman–Crippen MR) is 83.3 cm³/mol. The van der Waals surface area contributed by atoms with Crippen molar-refractivity contribution in [3.63, 3.8) is 0 Å². The van der Waals surface area contributed by atoms with Gasteiger partial charge in [0.25, 0.3) is 0 Å². The highest BCUT2D eigenvalue weighted by atomic mass is 28.4. The molecule has 0 saturated heterocycles. The van der Waals surface area contributed by atoms with E-state index in [9.17, 15) is 4.79 Å². The van der Waals surface area contributed by atoms with Crippen molar-refractivity contribution in [1.29, 1.82) is 0 Å². The Morgan fingerprint density at radius 1 is 0.952 bits per heavy atom. The third-order valence-corrected chi connectivity index (χ3v) is 5.78. The highest BCUT2D eigenvalue weighted by molar-refractivity contribution is 6.60. The molecule has 0 aliphatic heterocycles. The number of carbonyl (C=O) groups excluding carboxylic acids is 1. The van der Waals surface area contributed by atoms with Gasteiger partial charge in [0.1, 0.15) is 0 Å². The fraction of sp³-hybridized carbons (Fsp3) is 0.923. The van der Waals surface area contributed by atoms with Gasteiger partial charge in [0.2, 0.25) is 0 Å². The largest absolute Gasteiger partial charge is 0.500 e. The van der Waals surface area contributed by atoms with Gasteiger partial charge in [-0.15, -0.1) is 0 Å². The number of ether oxygens (including phenoxy) is 1. The molecule has 0 fully saturated rings. The minimum atomic E-state index is -2.59. The Balaban J connectivity index is 4.03. The summed E-state index contributed by atoms with van der Waals surface area (Å²) in [6.07, 6.45) is 0.754. The van der Waals surface area contributed by atoms with Crippen LogP contribution in [0.5, 0.6) is 0 Å². The van der Waals surface area contributed by atoms with Crippen molar-refractivity contribution in [3.05, 3.63) is 0 Å². The molecule has 0 atom stereocenters. The van der Waals surface area contributed by atoms with Crippen LogP contribution < -0.4 is 10.6 Å². The summed E-state index contributed by atoms with van der Waals surface area (Å²) in [6.45, 7) is 9.05. The van der Waals surface area contributed by atoms with Gasteiger partial charge in [0.15, 0.2) is 0 Å². The lowest BCUT2D eigenvalue weighted by atomic mass is 10.5. The van der Waals surface area contributed by atoms with Crippen LogP contribution in [0, 0.1) is 0 Å². The molecule has 0 aromatic rings. The zero-order valence-corrected chi connectivity index (χ0v) is 14.7. The first kappa shape index (κ1) is 20.3. The standard InChI is InChI=1S/C13H30N2O5Si/c1-5-18-21(19-6-2,20-7-3)12-8-9-14-13(16)15-10-11-17-4/h5-12H2,1-4H3,(H2,14,15,16). The van der Waals surface area contributed by atoms with Gasteiger partial charge < -0.3 is 28.6 Å². The minimum absolute atomic E-state index is 0.191. The van der Waals surface area contributed by atoms with Crippen molar-refractivity contribution in [1.82, 2.24) is 10.6 Å². The van der Waals surface area contributed by atoms with E-state index in [-0.39, 0.29) is 6.03 Å². The third-order valence-electron chi connectivity index (χ3n) is 2.63. The van der Waals surface area contributed by atoms with Crippen LogP contribution in [0.2, 0.25) is 6.04 Å². The molecule has 0 aliphatic rings. The Morgan fingerprint density at radius 2 is 1.48 bits per heavy atom. The van der Waals surface area contributed by atoms with Crippen molar-refractivity contribution >= 4 is 14.8 Å². The summed E-state index contributed by atoms with van der Waals surface area (Å²) < 4.78 is 22.1. The second-order valence-electron chi connectivity index (χ2n) is 4.26. The van der Waals surface area contributed by atoms with E-state index >= 15 is 0 Å². The molecule has 0 heterocycles. The van der Waals surface area contributed by atoms with Crippen molar-refractivity contribution in [2.75, 3.05) is 46.6 Å². The number of methoxy groups -OCH3 is 1. The lowest BCUT2D eigenvalue weighted by molar-refractivity contribution is 0.0708. The average molecular weight is 322 g/mol. The molecule has 0 saturated carbocycles. The van der Waals surface area contributed by atoms with E-state index in [1.807, 2.05) is 20.8 Å². The van der Waals surface area contributed by atoms with Gasteiger partial charge in [-0.05, 0) is 27.2 Å². The van der Waals surface area contributed by atoms with Crippen molar-refractivity contribution in [2.24, 2.45) is 0 Å². The molecule has 0 spiro atoms. The Labute approximate surface area is 129 Å². The zero-order chi connectivity index (χ0) is 16.0. The van der Waals surface area contributed by atoms with Crippen molar-refractivity contribution in [3.8, 4) is 0 Å². The molecule has 2 N–H and O–H groups in total. The maximum absolute atomic E-state index is 11.5. The maximum Gasteiger partial charge on any atom is 0.500 e. The number of hydrogen-bond donors (Lipinski definition) is 2. The van der Waals surface area contributed by atoms with Crippen LogP contribution in [0.3, 0.4) is 0 Å². The number of rotatable bonds is 13. The zero-order valence-electron chi connectivity index (χ0n) is 13.7. The fourth-order valence-electron chi connectivity index (χ4n) is 1.84. The number of urea groups is 1. The van der Waals surface area contributed by atoms with Gasteiger partial charge in [-0.3, -0.25) is 0 Å². The first-order chi connectivity index (χ1) is 10.1. The van der Waals surface area contributed by atoms with E-state index in [1.54, 1.807) is 7.11 Å². The SMILES string of the molecule is CCO[Si](CCCNC(=O)NCCOC)(OCC)OCC. The molecule has 0 aromatic heterocycles. The summed E-state index contributed by atoms with van der Waals surface area (Å²) in [7, 11) is -0.994.